The molecule has 1 aromatic heterocycles. The van der Waals surface area contributed by atoms with Gasteiger partial charge in [-0.25, -0.2) is 0 Å². The van der Waals surface area contributed by atoms with Crippen molar-refractivity contribution in [3.63, 3.8) is 0 Å². The fourth-order valence-corrected chi connectivity index (χ4v) is 2.94. The average Bonchev–Trinajstić information content (AvgIpc) is 2.77. The Morgan fingerprint density at radius 1 is 1.38 bits per heavy atom. The summed E-state index contributed by atoms with van der Waals surface area (Å²) in [6, 6.07) is 4.18. The molecule has 2 heterocycles. The lowest BCUT2D eigenvalue weighted by molar-refractivity contribution is 0.0672. The van der Waals surface area contributed by atoms with E-state index < -0.39 is 0 Å². The summed E-state index contributed by atoms with van der Waals surface area (Å²) in [5.41, 5.74) is 1.55. The maximum atomic E-state index is 12.8. The molecule has 1 saturated heterocycles. The molecule has 1 aliphatic heterocycles. The summed E-state index contributed by atoms with van der Waals surface area (Å²) in [4.78, 5) is 19.1. The highest BCUT2D eigenvalue weighted by Gasteiger charge is 2.25. The zero-order valence-electron chi connectivity index (χ0n) is 13.3. The van der Waals surface area contributed by atoms with Crippen molar-refractivity contribution in [2.45, 2.75) is 58.4 Å². The Labute approximate surface area is 127 Å². The van der Waals surface area contributed by atoms with Crippen molar-refractivity contribution >= 4 is 11.6 Å². The lowest BCUT2D eigenvalue weighted by Crippen LogP contribution is -2.40. The predicted octanol–water partition coefficient (Wildman–Crippen LogP) is 3.70. The number of hydrogen-bond donors (Lipinski definition) is 1. The normalized spacial score (nSPS) is 19.1. The van der Waals surface area contributed by atoms with Gasteiger partial charge < -0.3 is 10.2 Å². The highest BCUT2D eigenvalue weighted by molar-refractivity contribution is 5.93. The summed E-state index contributed by atoms with van der Waals surface area (Å²) in [6.07, 6.45) is 8.50. The van der Waals surface area contributed by atoms with E-state index in [9.17, 15) is 4.79 Å². The highest BCUT2D eigenvalue weighted by atomic mass is 16.2. The molecule has 0 spiro atoms. The van der Waals surface area contributed by atoms with Crippen molar-refractivity contribution in [2.24, 2.45) is 0 Å². The first kappa shape index (κ1) is 15.8. The molecule has 1 aliphatic rings. The van der Waals surface area contributed by atoms with Crippen LogP contribution >= 0.6 is 0 Å². The molecule has 2 rings (SSSR count). The van der Waals surface area contributed by atoms with Gasteiger partial charge in [0.25, 0.3) is 5.91 Å². The van der Waals surface area contributed by atoms with Crippen LogP contribution in [-0.2, 0) is 0 Å². The van der Waals surface area contributed by atoms with Crippen LogP contribution in [0.5, 0.6) is 0 Å². The molecule has 0 radical (unpaired) electrons. The third-order valence-electron chi connectivity index (χ3n) is 4.17. The van der Waals surface area contributed by atoms with Crippen molar-refractivity contribution < 1.29 is 4.79 Å². The number of nitrogens with zero attached hydrogens (tertiary/aromatic N) is 2. The van der Waals surface area contributed by atoms with Crippen molar-refractivity contribution in [3.05, 3.63) is 24.0 Å². The molecule has 1 amide bonds. The molecule has 0 bridgehead atoms. The number of aromatic nitrogens is 1. The van der Waals surface area contributed by atoms with Gasteiger partial charge in [-0.1, -0.05) is 26.7 Å². The molecule has 1 aromatic rings. The lowest BCUT2D eigenvalue weighted by Gasteiger charge is -2.29. The zero-order chi connectivity index (χ0) is 15.1. The van der Waals surface area contributed by atoms with E-state index in [1.165, 1.54) is 12.8 Å². The number of anilines is 1. The number of likely N-dealkylation sites (tertiary alicyclic amines) is 1. The predicted molar refractivity (Wildman–Crippen MR) is 86.6 cm³/mol. The van der Waals surface area contributed by atoms with E-state index in [4.69, 9.17) is 0 Å². The minimum absolute atomic E-state index is 0.0869. The maximum absolute atomic E-state index is 12.8. The van der Waals surface area contributed by atoms with E-state index >= 15 is 0 Å². The molecule has 0 aromatic carbocycles. The van der Waals surface area contributed by atoms with E-state index in [2.05, 4.69) is 24.1 Å². The Balaban J connectivity index is 2.13. The van der Waals surface area contributed by atoms with Crippen molar-refractivity contribution in [1.29, 1.82) is 0 Å². The van der Waals surface area contributed by atoms with E-state index in [1.807, 2.05) is 17.0 Å². The topological polar surface area (TPSA) is 45.2 Å². The number of amides is 1. The first-order valence-electron chi connectivity index (χ1n) is 8.27. The van der Waals surface area contributed by atoms with Crippen LogP contribution in [0.3, 0.4) is 0 Å². The molecular formula is C17H27N3O. The summed E-state index contributed by atoms with van der Waals surface area (Å²) in [6.45, 7) is 6.08. The number of rotatable bonds is 5. The zero-order valence-corrected chi connectivity index (χ0v) is 13.3. The molecule has 21 heavy (non-hydrogen) atoms. The summed E-state index contributed by atoms with van der Waals surface area (Å²) in [5.74, 6) is 0.0869. The number of pyridine rings is 1. The van der Waals surface area contributed by atoms with Crippen LogP contribution in [0.15, 0.2) is 18.3 Å². The minimum Gasteiger partial charge on any atom is -0.385 e. The van der Waals surface area contributed by atoms with Crippen LogP contribution in [0.2, 0.25) is 0 Å². The third kappa shape index (κ3) is 4.19. The SMILES string of the molecule is CCCNc1ccnc(C(=O)N2CCCCCC2CC)c1. The van der Waals surface area contributed by atoms with Crippen LogP contribution in [0.4, 0.5) is 5.69 Å². The minimum atomic E-state index is 0.0869. The number of hydrogen-bond acceptors (Lipinski definition) is 3. The summed E-state index contributed by atoms with van der Waals surface area (Å²) in [5, 5.41) is 3.32. The molecule has 1 atom stereocenters. The van der Waals surface area contributed by atoms with Crippen molar-refractivity contribution in [3.8, 4) is 0 Å². The summed E-state index contributed by atoms with van der Waals surface area (Å²) >= 11 is 0. The molecule has 4 heteroatoms. The van der Waals surface area contributed by atoms with Gasteiger partial charge in [0.1, 0.15) is 5.69 Å². The first-order valence-corrected chi connectivity index (χ1v) is 8.27. The Kier molecular flexibility index (Phi) is 6.03. The Bertz CT molecular complexity index is 461. The van der Waals surface area contributed by atoms with Crippen LogP contribution in [0.25, 0.3) is 0 Å². The molecule has 1 fully saturated rings. The largest absolute Gasteiger partial charge is 0.385 e. The lowest BCUT2D eigenvalue weighted by atomic mass is 10.1. The fraction of sp³-hybridized carbons (Fsp3) is 0.647. The van der Waals surface area contributed by atoms with Gasteiger partial charge in [-0.15, -0.1) is 0 Å². The quantitative estimate of drug-likeness (QED) is 0.899. The van der Waals surface area contributed by atoms with Crippen molar-refractivity contribution in [2.75, 3.05) is 18.4 Å². The van der Waals surface area contributed by atoms with Gasteiger partial charge in [-0.3, -0.25) is 9.78 Å². The van der Waals surface area contributed by atoms with E-state index in [0.717, 1.165) is 44.5 Å². The van der Waals surface area contributed by atoms with E-state index in [-0.39, 0.29) is 5.91 Å². The molecule has 0 saturated carbocycles. The van der Waals surface area contributed by atoms with E-state index in [0.29, 0.717) is 11.7 Å². The Morgan fingerprint density at radius 2 is 2.24 bits per heavy atom. The van der Waals surface area contributed by atoms with Gasteiger partial charge in [0.2, 0.25) is 0 Å². The van der Waals surface area contributed by atoms with Crippen molar-refractivity contribution in [1.82, 2.24) is 9.88 Å². The second kappa shape index (κ2) is 8.01. The van der Waals surface area contributed by atoms with Crippen LogP contribution in [0.1, 0.15) is 62.9 Å². The molecule has 1 N–H and O–H groups in total. The smallest absolute Gasteiger partial charge is 0.272 e. The number of carbonyl (C=O) groups excluding carboxylic acids is 1. The monoisotopic (exact) mass is 289 g/mol. The average molecular weight is 289 g/mol. The Hall–Kier alpha value is -1.58. The van der Waals surface area contributed by atoms with Crippen LogP contribution < -0.4 is 5.32 Å². The Morgan fingerprint density at radius 3 is 3.00 bits per heavy atom. The third-order valence-corrected chi connectivity index (χ3v) is 4.17. The summed E-state index contributed by atoms with van der Waals surface area (Å²) in [7, 11) is 0. The second-order valence-corrected chi connectivity index (χ2v) is 5.77. The number of nitrogens with one attached hydrogen (secondary N) is 1. The second-order valence-electron chi connectivity index (χ2n) is 5.77. The van der Waals surface area contributed by atoms with Gasteiger partial charge in [0, 0.05) is 31.0 Å². The highest BCUT2D eigenvalue weighted by Crippen LogP contribution is 2.21. The number of carbonyl (C=O) groups is 1. The van der Waals surface area contributed by atoms with Gasteiger partial charge >= 0.3 is 0 Å². The molecule has 1 unspecified atom stereocenters. The molecule has 4 nitrogen and oxygen atoms in total. The van der Waals surface area contributed by atoms with Crippen LogP contribution in [-0.4, -0.2) is 34.9 Å². The molecule has 116 valence electrons. The maximum Gasteiger partial charge on any atom is 0.272 e. The summed E-state index contributed by atoms with van der Waals surface area (Å²) < 4.78 is 0. The van der Waals surface area contributed by atoms with Crippen LogP contribution in [0, 0.1) is 0 Å². The van der Waals surface area contributed by atoms with E-state index in [1.54, 1.807) is 6.20 Å². The molecule has 0 aliphatic carbocycles. The first-order chi connectivity index (χ1) is 10.3. The van der Waals surface area contributed by atoms with Gasteiger partial charge in [0.15, 0.2) is 0 Å². The van der Waals surface area contributed by atoms with Gasteiger partial charge in [-0.2, -0.15) is 0 Å². The van der Waals surface area contributed by atoms with Gasteiger partial charge in [0.05, 0.1) is 0 Å². The standard InChI is InChI=1S/C17H27N3O/c1-3-10-18-14-9-11-19-16(13-14)17(21)20-12-7-5-6-8-15(20)4-2/h9,11,13,15H,3-8,10,12H2,1-2H3,(H,18,19). The molecular weight excluding hydrogens is 262 g/mol. The fourth-order valence-electron chi connectivity index (χ4n) is 2.94. The van der Waals surface area contributed by atoms with Gasteiger partial charge in [-0.05, 0) is 37.8 Å².